The van der Waals surface area contributed by atoms with Crippen LogP contribution in [0, 0.1) is 0 Å². The van der Waals surface area contributed by atoms with Crippen LogP contribution < -0.4 is 15.2 Å². The molecule has 2 aromatic rings. The van der Waals surface area contributed by atoms with Gasteiger partial charge < -0.3 is 15.2 Å². The summed E-state index contributed by atoms with van der Waals surface area (Å²) in [5.74, 6) is 1.49. The number of methoxy groups -OCH3 is 2. The van der Waals surface area contributed by atoms with Crippen molar-refractivity contribution in [3.8, 4) is 22.8 Å². The summed E-state index contributed by atoms with van der Waals surface area (Å²) in [6.07, 6.45) is 1.68. The Balaban J connectivity index is 2.51. The van der Waals surface area contributed by atoms with Crippen molar-refractivity contribution in [3.63, 3.8) is 0 Å². The third-order valence-corrected chi connectivity index (χ3v) is 2.77. The number of ether oxygens (including phenoxy) is 2. The fraction of sp³-hybridized carbons (Fsp3) is 0.214. The molecule has 0 bridgehead atoms. The molecule has 4 nitrogen and oxygen atoms in total. The molecular weight excluding hydrogens is 228 g/mol. The highest BCUT2D eigenvalue weighted by atomic mass is 16.5. The Labute approximate surface area is 106 Å². The highest BCUT2D eigenvalue weighted by Crippen LogP contribution is 2.30. The summed E-state index contributed by atoms with van der Waals surface area (Å²) in [5, 5.41) is 0. The molecule has 0 aliphatic carbocycles. The summed E-state index contributed by atoms with van der Waals surface area (Å²) in [4.78, 5) is 4.38. The van der Waals surface area contributed by atoms with Crippen LogP contribution in [-0.4, -0.2) is 19.2 Å². The van der Waals surface area contributed by atoms with Crippen molar-refractivity contribution >= 4 is 0 Å². The molecule has 0 spiro atoms. The van der Waals surface area contributed by atoms with Crippen molar-refractivity contribution in [3.05, 3.63) is 42.1 Å². The van der Waals surface area contributed by atoms with Crippen LogP contribution in [0.3, 0.4) is 0 Å². The molecule has 0 saturated heterocycles. The van der Waals surface area contributed by atoms with Gasteiger partial charge in [0.25, 0.3) is 0 Å². The fourth-order valence-corrected chi connectivity index (χ4v) is 1.83. The van der Waals surface area contributed by atoms with E-state index < -0.39 is 0 Å². The number of nitrogens with two attached hydrogens (primary N) is 1. The van der Waals surface area contributed by atoms with Crippen molar-refractivity contribution in [2.75, 3.05) is 14.2 Å². The van der Waals surface area contributed by atoms with Crippen LogP contribution in [-0.2, 0) is 6.54 Å². The number of hydrogen-bond acceptors (Lipinski definition) is 4. The molecule has 0 aliphatic rings. The molecule has 4 heteroatoms. The van der Waals surface area contributed by atoms with Crippen molar-refractivity contribution in [2.45, 2.75) is 6.54 Å². The Morgan fingerprint density at radius 1 is 1.11 bits per heavy atom. The lowest BCUT2D eigenvalue weighted by atomic mass is 10.1. The van der Waals surface area contributed by atoms with Crippen LogP contribution in [0.4, 0.5) is 0 Å². The zero-order valence-electron chi connectivity index (χ0n) is 10.5. The average molecular weight is 244 g/mol. The lowest BCUT2D eigenvalue weighted by Crippen LogP contribution is -2.01. The summed E-state index contributed by atoms with van der Waals surface area (Å²) in [5.41, 5.74) is 8.40. The van der Waals surface area contributed by atoms with Gasteiger partial charge in [-0.15, -0.1) is 0 Å². The van der Waals surface area contributed by atoms with Gasteiger partial charge in [0.05, 0.1) is 26.1 Å². The second-order valence-electron chi connectivity index (χ2n) is 3.79. The van der Waals surface area contributed by atoms with E-state index in [4.69, 9.17) is 15.2 Å². The average Bonchev–Trinajstić information content (AvgIpc) is 2.46. The maximum Gasteiger partial charge on any atom is 0.141 e. The van der Waals surface area contributed by atoms with Gasteiger partial charge >= 0.3 is 0 Å². The molecule has 94 valence electrons. The Morgan fingerprint density at radius 2 is 1.83 bits per heavy atom. The second-order valence-corrected chi connectivity index (χ2v) is 3.79. The van der Waals surface area contributed by atoms with Crippen LogP contribution >= 0.6 is 0 Å². The zero-order chi connectivity index (χ0) is 13.0. The van der Waals surface area contributed by atoms with Crippen molar-refractivity contribution in [1.29, 1.82) is 0 Å². The van der Waals surface area contributed by atoms with Crippen molar-refractivity contribution < 1.29 is 9.47 Å². The molecule has 0 radical (unpaired) electrons. The fourth-order valence-electron chi connectivity index (χ4n) is 1.83. The second kappa shape index (κ2) is 5.51. The Kier molecular flexibility index (Phi) is 3.79. The van der Waals surface area contributed by atoms with E-state index in [-0.39, 0.29) is 0 Å². The summed E-state index contributed by atoms with van der Waals surface area (Å²) < 4.78 is 10.5. The third kappa shape index (κ3) is 2.28. The van der Waals surface area contributed by atoms with Gasteiger partial charge in [-0.05, 0) is 18.2 Å². The number of rotatable bonds is 4. The van der Waals surface area contributed by atoms with Crippen LogP contribution in [0.15, 0.2) is 36.5 Å². The molecule has 2 N–H and O–H groups in total. The first-order valence-electron chi connectivity index (χ1n) is 5.66. The molecule has 1 heterocycles. The van der Waals surface area contributed by atoms with E-state index in [1.807, 2.05) is 30.3 Å². The minimum Gasteiger partial charge on any atom is -0.496 e. The predicted octanol–water partition coefficient (Wildman–Crippen LogP) is 2.22. The Hall–Kier alpha value is -2.07. The highest BCUT2D eigenvalue weighted by Gasteiger charge is 2.09. The maximum atomic E-state index is 5.70. The molecule has 0 fully saturated rings. The van der Waals surface area contributed by atoms with Gasteiger partial charge in [-0.2, -0.15) is 0 Å². The first kappa shape index (κ1) is 12.4. The summed E-state index contributed by atoms with van der Waals surface area (Å²) in [7, 11) is 3.26. The van der Waals surface area contributed by atoms with Gasteiger partial charge in [-0.3, -0.25) is 4.98 Å². The molecule has 0 aliphatic heterocycles. The highest BCUT2D eigenvalue weighted by molar-refractivity contribution is 5.68. The quantitative estimate of drug-likeness (QED) is 0.896. The van der Waals surface area contributed by atoms with Gasteiger partial charge in [-0.25, -0.2) is 0 Å². The van der Waals surface area contributed by atoms with Crippen molar-refractivity contribution in [2.24, 2.45) is 5.73 Å². The lowest BCUT2D eigenvalue weighted by molar-refractivity contribution is 0.407. The first-order chi connectivity index (χ1) is 8.80. The van der Waals surface area contributed by atoms with Crippen LogP contribution in [0.2, 0.25) is 0 Å². The van der Waals surface area contributed by atoms with E-state index in [9.17, 15) is 0 Å². The lowest BCUT2D eigenvalue weighted by Gasteiger charge is -2.11. The van der Waals surface area contributed by atoms with Crippen molar-refractivity contribution in [1.82, 2.24) is 4.98 Å². The van der Waals surface area contributed by atoms with Gasteiger partial charge in [0.1, 0.15) is 11.5 Å². The molecular formula is C14H16N2O2. The van der Waals surface area contributed by atoms with E-state index >= 15 is 0 Å². The van der Waals surface area contributed by atoms with Gasteiger partial charge in [-0.1, -0.05) is 12.1 Å². The molecule has 0 saturated carbocycles. The predicted molar refractivity (Wildman–Crippen MR) is 70.7 cm³/mol. The van der Waals surface area contributed by atoms with Gasteiger partial charge in [0.15, 0.2) is 0 Å². The third-order valence-electron chi connectivity index (χ3n) is 2.77. The number of benzene rings is 1. The summed E-state index contributed by atoms with van der Waals surface area (Å²) in [6, 6.07) is 9.68. The SMILES string of the molecule is COc1cnc(-c2ccccc2OC)cc1CN. The Morgan fingerprint density at radius 3 is 2.50 bits per heavy atom. The Bertz CT molecular complexity index is 541. The maximum absolute atomic E-state index is 5.70. The first-order valence-corrected chi connectivity index (χ1v) is 5.66. The van der Waals surface area contributed by atoms with E-state index in [1.54, 1.807) is 20.4 Å². The van der Waals surface area contributed by atoms with Crippen LogP contribution in [0.25, 0.3) is 11.3 Å². The molecule has 18 heavy (non-hydrogen) atoms. The standard InChI is InChI=1S/C14H16N2O2/c1-17-13-6-4-3-5-11(13)12-7-10(8-15)14(18-2)9-16-12/h3-7,9H,8,15H2,1-2H3. The smallest absolute Gasteiger partial charge is 0.141 e. The van der Waals surface area contributed by atoms with Crippen LogP contribution in [0.1, 0.15) is 5.56 Å². The summed E-state index contributed by atoms with van der Waals surface area (Å²) >= 11 is 0. The minimum atomic E-state index is 0.411. The zero-order valence-corrected chi connectivity index (χ0v) is 10.5. The molecule has 0 unspecified atom stereocenters. The van der Waals surface area contributed by atoms with Gasteiger partial charge in [0.2, 0.25) is 0 Å². The normalized spacial score (nSPS) is 10.2. The van der Waals surface area contributed by atoms with Gasteiger partial charge in [0, 0.05) is 17.7 Å². The molecule has 2 rings (SSSR count). The van der Waals surface area contributed by atoms with Crippen LogP contribution in [0.5, 0.6) is 11.5 Å². The summed E-state index contributed by atoms with van der Waals surface area (Å²) in [6.45, 7) is 0.411. The number of aromatic nitrogens is 1. The number of nitrogens with zero attached hydrogens (tertiary/aromatic N) is 1. The van der Waals surface area contributed by atoms with E-state index in [2.05, 4.69) is 4.98 Å². The number of hydrogen-bond donors (Lipinski definition) is 1. The van der Waals surface area contributed by atoms with E-state index in [0.29, 0.717) is 12.3 Å². The molecule has 0 atom stereocenters. The number of pyridine rings is 1. The van der Waals surface area contributed by atoms with E-state index in [1.165, 1.54) is 0 Å². The molecule has 1 aromatic carbocycles. The molecule has 0 amide bonds. The number of para-hydroxylation sites is 1. The minimum absolute atomic E-state index is 0.411. The topological polar surface area (TPSA) is 57.4 Å². The van der Waals surface area contributed by atoms with E-state index in [0.717, 1.165) is 22.6 Å². The molecule has 1 aromatic heterocycles. The monoisotopic (exact) mass is 244 g/mol. The largest absolute Gasteiger partial charge is 0.496 e.